The molecule has 0 spiro atoms. The van der Waals surface area contributed by atoms with Crippen LogP contribution < -0.4 is 0 Å². The summed E-state index contributed by atoms with van der Waals surface area (Å²) in [5, 5.41) is 11.3. The van der Waals surface area contributed by atoms with Gasteiger partial charge in [0.1, 0.15) is 10.4 Å². The normalized spacial score (nSPS) is 23.1. The lowest BCUT2D eigenvalue weighted by Gasteiger charge is -2.40. The lowest BCUT2D eigenvalue weighted by Crippen LogP contribution is -2.56. The fourth-order valence-electron chi connectivity index (χ4n) is 3.83. The van der Waals surface area contributed by atoms with Crippen molar-refractivity contribution in [2.75, 3.05) is 13.2 Å². The van der Waals surface area contributed by atoms with Crippen LogP contribution in [0.1, 0.15) is 44.4 Å². The predicted molar refractivity (Wildman–Crippen MR) is 119 cm³/mol. The lowest BCUT2D eigenvalue weighted by molar-refractivity contribution is -0.145. The van der Waals surface area contributed by atoms with E-state index in [0.717, 1.165) is 24.1 Å². The van der Waals surface area contributed by atoms with Crippen LogP contribution in [0.5, 0.6) is 0 Å². The molecule has 0 unspecified atom stereocenters. The number of hydrogen-bond donors (Lipinski definition) is 1. The Morgan fingerprint density at radius 2 is 2.21 bits per heavy atom. The Morgan fingerprint density at radius 1 is 1.43 bits per heavy atom. The van der Waals surface area contributed by atoms with Crippen molar-refractivity contribution in [2.45, 2.75) is 51.6 Å². The number of rotatable bonds is 6. The van der Waals surface area contributed by atoms with Crippen LogP contribution in [0.3, 0.4) is 0 Å². The van der Waals surface area contributed by atoms with Gasteiger partial charge in [0.05, 0.1) is 4.91 Å². The second-order valence-electron chi connectivity index (χ2n) is 7.45. The minimum atomic E-state index is -0.610. The Hall–Kier alpha value is -1.22. The number of carbonyl (C=O) groups excluding carboxylic acids is 2. The van der Waals surface area contributed by atoms with Gasteiger partial charge in [0.25, 0.3) is 5.91 Å². The van der Waals surface area contributed by atoms with E-state index in [1.807, 2.05) is 42.3 Å². The second kappa shape index (κ2) is 9.52. The zero-order valence-corrected chi connectivity index (χ0v) is 18.6. The summed E-state index contributed by atoms with van der Waals surface area (Å²) in [6.07, 6.45) is 5.34. The van der Waals surface area contributed by atoms with Crippen molar-refractivity contribution in [1.82, 2.24) is 9.80 Å². The number of thiophene rings is 1. The summed E-state index contributed by atoms with van der Waals surface area (Å²) in [6, 6.07) is 3.32. The maximum Gasteiger partial charge on any atom is 0.266 e. The molecule has 2 fully saturated rings. The molecule has 0 aliphatic carbocycles. The summed E-state index contributed by atoms with van der Waals surface area (Å²) in [4.78, 5) is 31.6. The molecule has 152 valence electrons. The van der Waals surface area contributed by atoms with E-state index in [1.165, 1.54) is 16.7 Å². The van der Waals surface area contributed by atoms with Gasteiger partial charge in [-0.15, -0.1) is 11.3 Å². The molecule has 3 rings (SSSR count). The van der Waals surface area contributed by atoms with Gasteiger partial charge in [0.15, 0.2) is 0 Å². The molecule has 3 heterocycles. The van der Waals surface area contributed by atoms with Gasteiger partial charge >= 0.3 is 0 Å². The molecule has 2 amide bonds. The molecule has 5 nitrogen and oxygen atoms in total. The average molecular weight is 439 g/mol. The van der Waals surface area contributed by atoms with Gasteiger partial charge in [-0.1, -0.05) is 43.9 Å². The van der Waals surface area contributed by atoms with Crippen molar-refractivity contribution in [3.05, 3.63) is 27.3 Å². The van der Waals surface area contributed by atoms with Crippen molar-refractivity contribution < 1.29 is 14.7 Å². The van der Waals surface area contributed by atoms with Crippen molar-refractivity contribution in [2.24, 2.45) is 5.92 Å². The fourth-order valence-corrected chi connectivity index (χ4v) is 5.88. The van der Waals surface area contributed by atoms with Crippen LogP contribution in [0, 0.1) is 5.92 Å². The topological polar surface area (TPSA) is 60.9 Å². The monoisotopic (exact) mass is 438 g/mol. The van der Waals surface area contributed by atoms with Gasteiger partial charge in [0.2, 0.25) is 5.91 Å². The van der Waals surface area contributed by atoms with E-state index < -0.39 is 6.04 Å². The summed E-state index contributed by atoms with van der Waals surface area (Å²) >= 11 is 8.33. The molecule has 2 aliphatic heterocycles. The fraction of sp³-hybridized carbons (Fsp3) is 0.550. The SMILES string of the molecule is CC(C)[C@@H](C(=O)N1CCCC[C@H]1CCO)N1C(=O)/C(=C/c2cccs2)SC1=S. The maximum absolute atomic E-state index is 13.5. The Kier molecular flexibility index (Phi) is 7.31. The van der Waals surface area contributed by atoms with E-state index in [4.69, 9.17) is 12.2 Å². The Balaban J connectivity index is 1.86. The highest BCUT2D eigenvalue weighted by atomic mass is 32.2. The highest BCUT2D eigenvalue weighted by molar-refractivity contribution is 8.26. The van der Waals surface area contributed by atoms with Gasteiger partial charge in [-0.3, -0.25) is 14.5 Å². The van der Waals surface area contributed by atoms with E-state index in [9.17, 15) is 14.7 Å². The minimum Gasteiger partial charge on any atom is -0.396 e. The van der Waals surface area contributed by atoms with Gasteiger partial charge in [0, 0.05) is 24.1 Å². The molecule has 28 heavy (non-hydrogen) atoms. The third-order valence-electron chi connectivity index (χ3n) is 5.18. The van der Waals surface area contributed by atoms with Gasteiger partial charge in [-0.2, -0.15) is 0 Å². The van der Waals surface area contributed by atoms with E-state index >= 15 is 0 Å². The third kappa shape index (κ3) is 4.50. The van der Waals surface area contributed by atoms with Crippen molar-refractivity contribution in [3.8, 4) is 0 Å². The molecular weight excluding hydrogens is 412 g/mol. The Labute approximate surface area is 179 Å². The number of thioether (sulfide) groups is 1. The third-order valence-corrected chi connectivity index (χ3v) is 7.33. The number of hydrogen-bond acceptors (Lipinski definition) is 6. The average Bonchev–Trinajstić information content (AvgIpc) is 3.26. The first-order chi connectivity index (χ1) is 13.4. The lowest BCUT2D eigenvalue weighted by atomic mass is 9.95. The maximum atomic E-state index is 13.5. The van der Waals surface area contributed by atoms with Crippen LogP contribution >= 0.6 is 35.3 Å². The summed E-state index contributed by atoms with van der Waals surface area (Å²) in [5.74, 6) is -0.305. The number of thiocarbonyl (C=S) groups is 1. The number of aliphatic hydroxyl groups is 1. The first kappa shape index (κ1) is 21.5. The zero-order valence-electron chi connectivity index (χ0n) is 16.2. The van der Waals surface area contributed by atoms with E-state index in [1.54, 1.807) is 11.3 Å². The number of amides is 2. The molecule has 2 saturated heterocycles. The van der Waals surface area contributed by atoms with Gasteiger partial charge in [-0.25, -0.2) is 0 Å². The van der Waals surface area contributed by atoms with Crippen LogP contribution in [-0.2, 0) is 9.59 Å². The van der Waals surface area contributed by atoms with E-state index in [-0.39, 0.29) is 30.4 Å². The van der Waals surface area contributed by atoms with Crippen molar-refractivity contribution in [1.29, 1.82) is 0 Å². The Bertz CT molecular complexity index is 759. The molecule has 1 N–H and O–H groups in total. The summed E-state index contributed by atoms with van der Waals surface area (Å²) in [6.45, 7) is 4.64. The number of likely N-dealkylation sites (tertiary alicyclic amines) is 1. The van der Waals surface area contributed by atoms with Gasteiger partial charge in [-0.05, 0) is 49.1 Å². The highest BCUT2D eigenvalue weighted by Gasteiger charge is 2.44. The molecular formula is C20H26N2O3S3. The molecule has 0 saturated carbocycles. The first-order valence-corrected chi connectivity index (χ1v) is 11.8. The first-order valence-electron chi connectivity index (χ1n) is 9.66. The largest absolute Gasteiger partial charge is 0.396 e. The van der Waals surface area contributed by atoms with Crippen LogP contribution in [0.4, 0.5) is 0 Å². The number of nitrogens with zero attached hydrogens (tertiary/aromatic N) is 2. The number of piperidine rings is 1. The predicted octanol–water partition coefficient (Wildman–Crippen LogP) is 3.74. The van der Waals surface area contributed by atoms with Crippen LogP contribution in [0.25, 0.3) is 6.08 Å². The van der Waals surface area contributed by atoms with Crippen LogP contribution in [0.2, 0.25) is 0 Å². The molecule has 2 aliphatic rings. The summed E-state index contributed by atoms with van der Waals surface area (Å²) < 4.78 is 0.440. The van der Waals surface area contributed by atoms with Crippen LogP contribution in [-0.4, -0.2) is 56.3 Å². The summed E-state index contributed by atoms with van der Waals surface area (Å²) in [7, 11) is 0. The molecule has 0 aromatic carbocycles. The smallest absolute Gasteiger partial charge is 0.266 e. The Morgan fingerprint density at radius 3 is 2.86 bits per heavy atom. The summed E-state index contributed by atoms with van der Waals surface area (Å²) in [5.41, 5.74) is 0. The number of carbonyl (C=O) groups is 2. The molecule has 1 aromatic heterocycles. The van der Waals surface area contributed by atoms with Crippen LogP contribution in [0.15, 0.2) is 22.4 Å². The van der Waals surface area contributed by atoms with E-state index in [2.05, 4.69) is 0 Å². The molecule has 0 radical (unpaired) electrons. The second-order valence-corrected chi connectivity index (χ2v) is 10.1. The van der Waals surface area contributed by atoms with Gasteiger partial charge < -0.3 is 10.0 Å². The molecule has 0 bridgehead atoms. The highest BCUT2D eigenvalue weighted by Crippen LogP contribution is 2.37. The minimum absolute atomic E-state index is 0.0348. The van der Waals surface area contributed by atoms with Crippen molar-refractivity contribution in [3.63, 3.8) is 0 Å². The zero-order chi connectivity index (χ0) is 20.3. The quantitative estimate of drug-likeness (QED) is 0.542. The van der Waals surface area contributed by atoms with E-state index in [0.29, 0.717) is 22.2 Å². The number of aliphatic hydroxyl groups excluding tert-OH is 1. The molecule has 2 atom stereocenters. The standard InChI is InChI=1S/C20H26N2O3S3/c1-13(2)17(19(25)21-9-4-3-6-14(21)8-10-23)22-18(24)16(28-20(22)26)12-15-7-5-11-27-15/h5,7,11-14,17,23H,3-4,6,8-10H2,1-2H3/b16-12-/t14-,17-/m0/s1. The van der Waals surface area contributed by atoms with Crippen molar-refractivity contribution >= 4 is 57.5 Å². The molecule has 1 aromatic rings. The molecule has 8 heteroatoms.